The molecule has 63 heavy (non-hydrogen) atoms. The number of nitrogens with zero attached hydrogens (tertiary/aromatic N) is 4. The van der Waals surface area contributed by atoms with E-state index < -0.39 is 0 Å². The van der Waals surface area contributed by atoms with Crippen LogP contribution >= 0.6 is 37.5 Å². The zero-order valence-corrected chi connectivity index (χ0v) is 46.2. The van der Waals surface area contributed by atoms with Crippen molar-refractivity contribution in [1.82, 2.24) is 19.9 Å². The van der Waals surface area contributed by atoms with Gasteiger partial charge in [-0.3, -0.25) is 15.0 Å². The van der Waals surface area contributed by atoms with Gasteiger partial charge in [0.25, 0.3) is 0 Å². The SMILES string of the molecule is CC(C)c1cc(C(C)C)c(-c2ccccc2P(C2CCCCC2)C2CCCCC2)c(C(C)C)c1.Cc1ncccc1-c1ccccn1.Cc1ncccc1Br.[Zn+][Br].[c-]1ccccn1. The Bertz CT molecular complexity index is 2080. The van der Waals surface area contributed by atoms with Crippen molar-refractivity contribution in [3.05, 3.63) is 161 Å². The zero-order chi connectivity index (χ0) is 45.6. The normalized spacial score (nSPS) is 14.1. The van der Waals surface area contributed by atoms with Crippen LogP contribution in [0.1, 0.15) is 152 Å². The smallest absolute Gasteiger partial charge is 0.0813 e. The van der Waals surface area contributed by atoms with Gasteiger partial charge in [0.1, 0.15) is 0 Å². The molecule has 0 aliphatic heterocycles. The molecule has 0 amide bonds. The van der Waals surface area contributed by atoms with E-state index in [0.29, 0.717) is 17.8 Å². The number of aryl methyl sites for hydroxylation is 2. The van der Waals surface area contributed by atoms with Gasteiger partial charge in [-0.1, -0.05) is 143 Å². The van der Waals surface area contributed by atoms with Crippen molar-refractivity contribution in [1.29, 1.82) is 0 Å². The molecular formula is C55H69Br2N4PZn. The van der Waals surface area contributed by atoms with Crippen LogP contribution in [0.3, 0.4) is 0 Å². The standard InChI is InChI=1S/C33H49P.C11H10N2.C6H6BrN.C5H4N.BrH.Zn/c1-23(2)26-21-30(24(3)4)33(31(22-26)25(5)6)29-19-13-14-20-32(29)34(27-15-9-7-10-16-27)28-17-11-8-12-18-28;1-9-10(5-4-8-12-9)11-6-2-3-7-13-11;1-5-6(7)3-2-4-8-5;1-2-4-6-5-3-1;;/h13-14,19-25,27-28H,7-12,15-18H2,1-6H3;2-8H,1H3;2-4H,1H3;1-4H;1H;/q;;;-1;;+2/p-1. The second-order valence-corrected chi connectivity index (χ2v) is 21.0. The number of pyridine rings is 4. The van der Waals surface area contributed by atoms with E-state index in [1.54, 1.807) is 58.4 Å². The molecule has 0 radical (unpaired) electrons. The molecule has 8 heteroatoms. The summed E-state index contributed by atoms with van der Waals surface area (Å²) in [5.74, 6) is 1.64. The van der Waals surface area contributed by atoms with E-state index in [9.17, 15) is 0 Å². The van der Waals surface area contributed by atoms with Crippen molar-refractivity contribution in [2.24, 2.45) is 0 Å². The van der Waals surface area contributed by atoms with E-state index in [-0.39, 0.29) is 7.92 Å². The quantitative estimate of drug-likeness (QED) is 0.0866. The third-order valence-corrected chi connectivity index (χ3v) is 16.3. The molecule has 0 bridgehead atoms. The monoisotopic (exact) mass is 1040 g/mol. The molecular weight excluding hydrogens is 973 g/mol. The first-order chi connectivity index (χ1) is 30.6. The molecule has 0 atom stereocenters. The van der Waals surface area contributed by atoms with E-state index >= 15 is 0 Å². The Hall–Kier alpha value is -2.95. The fourth-order valence-electron chi connectivity index (χ4n) is 8.61. The largest absolute Gasteiger partial charge is 0.394 e. The number of aromatic nitrogens is 4. The number of halogens is 2. The van der Waals surface area contributed by atoms with Crippen LogP contribution in [0.5, 0.6) is 0 Å². The molecule has 2 aliphatic carbocycles. The summed E-state index contributed by atoms with van der Waals surface area (Å²) in [5, 5.41) is 1.75. The van der Waals surface area contributed by atoms with Gasteiger partial charge in [0.15, 0.2) is 0 Å². The first-order valence-corrected chi connectivity index (χ1v) is 32.3. The van der Waals surface area contributed by atoms with Crippen LogP contribution in [-0.4, -0.2) is 31.3 Å². The van der Waals surface area contributed by atoms with Crippen LogP contribution < -0.4 is 5.30 Å². The van der Waals surface area contributed by atoms with Crippen LogP contribution in [0.2, 0.25) is 0 Å². The van der Waals surface area contributed by atoms with E-state index in [4.69, 9.17) is 0 Å². The molecule has 2 saturated carbocycles. The van der Waals surface area contributed by atoms with Gasteiger partial charge in [-0.15, -0.1) is 0 Å². The van der Waals surface area contributed by atoms with Crippen molar-refractivity contribution in [2.45, 2.75) is 149 Å². The van der Waals surface area contributed by atoms with Crippen LogP contribution in [0.4, 0.5) is 0 Å². The molecule has 2 aromatic carbocycles. The van der Waals surface area contributed by atoms with Crippen LogP contribution in [0, 0.1) is 20.0 Å². The Morgan fingerprint density at radius 3 is 1.52 bits per heavy atom. The third-order valence-electron chi connectivity index (χ3n) is 11.9. The Morgan fingerprint density at radius 1 is 0.571 bits per heavy atom. The topological polar surface area (TPSA) is 51.6 Å². The van der Waals surface area contributed by atoms with Gasteiger partial charge in [0, 0.05) is 34.3 Å². The fraction of sp³-hybridized carbons (Fsp3) is 0.418. The van der Waals surface area contributed by atoms with Gasteiger partial charge >= 0.3 is 30.0 Å². The first kappa shape index (κ1) is 52.7. The molecule has 0 saturated heterocycles. The molecule has 4 nitrogen and oxygen atoms in total. The molecule has 8 rings (SSSR count). The summed E-state index contributed by atoms with van der Waals surface area (Å²) >= 11 is 7.58. The predicted molar refractivity (Wildman–Crippen MR) is 275 cm³/mol. The number of hydrogen-bond donors (Lipinski definition) is 0. The Labute approximate surface area is 407 Å². The molecule has 0 spiro atoms. The summed E-state index contributed by atoms with van der Waals surface area (Å²) in [6, 6.07) is 34.1. The minimum Gasteiger partial charge on any atom is -0.394 e. The minimum absolute atomic E-state index is 0.120. The maximum Gasteiger partial charge on any atom is -0.0813 e. The van der Waals surface area contributed by atoms with Gasteiger partial charge in [0.05, 0.1) is 11.4 Å². The van der Waals surface area contributed by atoms with Gasteiger partial charge in [-0.25, -0.2) is 0 Å². The summed E-state index contributed by atoms with van der Waals surface area (Å²) in [5.41, 5.74) is 13.8. The zero-order valence-electron chi connectivity index (χ0n) is 39.2. The average molecular weight is 1040 g/mol. The van der Waals surface area contributed by atoms with Crippen LogP contribution in [-0.2, 0) is 16.3 Å². The number of rotatable bonds is 8. The summed E-state index contributed by atoms with van der Waals surface area (Å²) in [6.45, 7) is 18.3. The van der Waals surface area contributed by atoms with E-state index in [1.165, 1.54) is 86.1 Å². The van der Waals surface area contributed by atoms with Crippen molar-refractivity contribution in [3.8, 4) is 22.4 Å². The molecule has 4 aromatic heterocycles. The summed E-state index contributed by atoms with van der Waals surface area (Å²) in [4.78, 5) is 16.2. The summed E-state index contributed by atoms with van der Waals surface area (Å²) in [6.07, 6.45) is 24.3. The van der Waals surface area contributed by atoms with Gasteiger partial charge < -0.3 is 4.98 Å². The number of benzene rings is 2. The summed E-state index contributed by atoms with van der Waals surface area (Å²) in [7, 11) is -0.120. The van der Waals surface area contributed by atoms with Crippen LogP contribution in [0.25, 0.3) is 22.4 Å². The molecule has 0 N–H and O–H groups in total. The number of hydrogen-bond acceptors (Lipinski definition) is 4. The van der Waals surface area contributed by atoms with Crippen molar-refractivity contribution < 1.29 is 16.3 Å². The molecule has 0 unspecified atom stereocenters. The Kier molecular flexibility index (Phi) is 24.1. The minimum atomic E-state index is -0.120. The van der Waals surface area contributed by atoms with Gasteiger partial charge in [0.2, 0.25) is 0 Å². The third kappa shape index (κ3) is 16.5. The first-order valence-electron chi connectivity index (χ1n) is 23.1. The van der Waals surface area contributed by atoms with Crippen LogP contribution in [0.15, 0.2) is 126 Å². The maximum atomic E-state index is 4.27. The van der Waals surface area contributed by atoms with E-state index in [0.717, 1.165) is 38.4 Å². The maximum absolute atomic E-state index is 4.27. The van der Waals surface area contributed by atoms with Gasteiger partial charge in [-0.2, -0.15) is 18.2 Å². The molecule has 330 valence electrons. The molecule has 2 aliphatic rings. The van der Waals surface area contributed by atoms with Crippen molar-refractivity contribution in [3.63, 3.8) is 0 Å². The van der Waals surface area contributed by atoms with E-state index in [2.05, 4.69) is 134 Å². The molecule has 4 heterocycles. The fourth-order valence-corrected chi connectivity index (χ4v) is 12.8. The summed E-state index contributed by atoms with van der Waals surface area (Å²) < 4.78 is 1.07. The van der Waals surface area contributed by atoms with E-state index in [1.807, 2.05) is 68.4 Å². The Balaban J connectivity index is 0.000000241. The second kappa shape index (κ2) is 28.9. The van der Waals surface area contributed by atoms with Crippen molar-refractivity contribution >= 4 is 42.8 Å². The average Bonchev–Trinajstić information content (AvgIpc) is 3.33. The predicted octanol–water partition coefficient (Wildman–Crippen LogP) is 16.8. The van der Waals surface area contributed by atoms with Crippen molar-refractivity contribution in [2.75, 3.05) is 0 Å². The molecule has 6 aromatic rings. The Morgan fingerprint density at radius 2 is 1.10 bits per heavy atom. The second-order valence-electron chi connectivity index (χ2n) is 17.4. The van der Waals surface area contributed by atoms with Gasteiger partial charge in [-0.05, 0) is 154 Å². The molecule has 2 fully saturated rings.